The molecule has 29 heavy (non-hydrogen) atoms. The summed E-state index contributed by atoms with van der Waals surface area (Å²) in [6, 6.07) is 14.6. The van der Waals surface area contributed by atoms with E-state index in [1.54, 1.807) is 26.0 Å². The molecule has 1 fully saturated rings. The number of benzene rings is 2. The fourth-order valence-electron chi connectivity index (χ4n) is 3.26. The van der Waals surface area contributed by atoms with Gasteiger partial charge in [0, 0.05) is 0 Å². The molecule has 8 nitrogen and oxygen atoms in total. The number of rotatable bonds is 7. The van der Waals surface area contributed by atoms with Gasteiger partial charge in [0.15, 0.2) is 0 Å². The molecule has 2 aromatic carbocycles. The molecule has 8 heteroatoms. The molecule has 1 heterocycles. The largest absolute Gasteiger partial charge is 0.491 e. The Hall–Kier alpha value is -3.39. The smallest absolute Gasteiger partial charge is 0.325 e. The Labute approximate surface area is 168 Å². The highest BCUT2D eigenvalue weighted by Gasteiger charge is 2.46. The van der Waals surface area contributed by atoms with Crippen LogP contribution in [0.4, 0.5) is 4.79 Å². The molecular weight excluding hydrogens is 374 g/mol. The summed E-state index contributed by atoms with van der Waals surface area (Å²) in [6.07, 6.45) is 0. The Morgan fingerprint density at radius 3 is 2.31 bits per heavy atom. The van der Waals surface area contributed by atoms with Crippen molar-refractivity contribution in [2.24, 2.45) is 5.92 Å². The maximum absolute atomic E-state index is 12.6. The van der Waals surface area contributed by atoms with Crippen molar-refractivity contribution in [3.63, 3.8) is 0 Å². The third kappa shape index (κ3) is 4.38. The number of nitrogens with one attached hydrogen (secondary N) is 2. The van der Waals surface area contributed by atoms with Gasteiger partial charge in [-0.15, -0.1) is 0 Å². The van der Waals surface area contributed by atoms with Gasteiger partial charge in [0.1, 0.15) is 24.4 Å². The number of hydroxylamine groups is 1. The number of hydrogen-bond donors (Lipinski definition) is 3. The molecule has 0 radical (unpaired) electrons. The lowest BCUT2D eigenvalue weighted by Crippen LogP contribution is -2.52. The average molecular weight is 397 g/mol. The molecule has 0 bridgehead atoms. The van der Waals surface area contributed by atoms with Crippen LogP contribution in [0.5, 0.6) is 5.75 Å². The summed E-state index contributed by atoms with van der Waals surface area (Å²) in [5.74, 6) is -1.21. The first-order chi connectivity index (χ1) is 13.9. The maximum Gasteiger partial charge on any atom is 0.325 e. The SMILES string of the molecule is CC(C)[C@H](C(=O)NO)N1C(=O)N[C@@H](COc2ccc(-c3ccccc3)cc2)C1=O. The Kier molecular flexibility index (Phi) is 6.13. The van der Waals surface area contributed by atoms with E-state index in [4.69, 9.17) is 9.94 Å². The van der Waals surface area contributed by atoms with Crippen molar-refractivity contribution < 1.29 is 24.3 Å². The number of imide groups is 1. The molecule has 4 amide bonds. The first-order valence-corrected chi connectivity index (χ1v) is 9.28. The van der Waals surface area contributed by atoms with Crippen LogP contribution < -0.4 is 15.5 Å². The van der Waals surface area contributed by atoms with Crippen molar-refractivity contribution in [2.45, 2.75) is 25.9 Å². The van der Waals surface area contributed by atoms with Crippen LogP contribution in [0.1, 0.15) is 13.8 Å². The van der Waals surface area contributed by atoms with E-state index in [9.17, 15) is 14.4 Å². The normalized spacial score (nSPS) is 17.2. The van der Waals surface area contributed by atoms with Crippen LogP contribution in [0.2, 0.25) is 0 Å². The zero-order valence-corrected chi connectivity index (χ0v) is 16.2. The number of hydrogen-bond acceptors (Lipinski definition) is 5. The summed E-state index contributed by atoms with van der Waals surface area (Å²) in [5, 5.41) is 11.4. The van der Waals surface area contributed by atoms with Crippen LogP contribution in [-0.2, 0) is 9.59 Å². The maximum atomic E-state index is 12.6. The van der Waals surface area contributed by atoms with Crippen molar-refractivity contribution in [3.05, 3.63) is 54.6 Å². The molecule has 0 aromatic heterocycles. The molecule has 1 saturated heterocycles. The van der Waals surface area contributed by atoms with Crippen LogP contribution in [0.25, 0.3) is 11.1 Å². The minimum absolute atomic E-state index is 0.0721. The predicted molar refractivity (Wildman–Crippen MR) is 105 cm³/mol. The zero-order valence-electron chi connectivity index (χ0n) is 16.2. The Morgan fingerprint density at radius 2 is 1.72 bits per heavy atom. The predicted octanol–water partition coefficient (Wildman–Crippen LogP) is 2.18. The van der Waals surface area contributed by atoms with Gasteiger partial charge in [-0.1, -0.05) is 56.3 Å². The first kappa shape index (κ1) is 20.3. The average Bonchev–Trinajstić information content (AvgIpc) is 3.01. The number of amides is 4. The second-order valence-corrected chi connectivity index (χ2v) is 7.08. The van der Waals surface area contributed by atoms with Gasteiger partial charge in [0.2, 0.25) is 0 Å². The zero-order chi connectivity index (χ0) is 21.0. The summed E-state index contributed by atoms with van der Waals surface area (Å²) in [4.78, 5) is 37.6. The third-order valence-electron chi connectivity index (χ3n) is 4.72. The molecule has 0 unspecified atom stereocenters. The summed E-state index contributed by atoms with van der Waals surface area (Å²) in [6.45, 7) is 3.29. The second-order valence-electron chi connectivity index (χ2n) is 7.08. The summed E-state index contributed by atoms with van der Waals surface area (Å²) >= 11 is 0. The van der Waals surface area contributed by atoms with Gasteiger partial charge in [-0.25, -0.2) is 15.2 Å². The van der Waals surface area contributed by atoms with Gasteiger partial charge in [-0.3, -0.25) is 14.8 Å². The third-order valence-corrected chi connectivity index (χ3v) is 4.72. The lowest BCUT2D eigenvalue weighted by Gasteiger charge is -2.26. The van der Waals surface area contributed by atoms with Crippen LogP contribution in [0.15, 0.2) is 54.6 Å². The Morgan fingerprint density at radius 1 is 1.10 bits per heavy atom. The molecular formula is C21H23N3O5. The van der Waals surface area contributed by atoms with E-state index >= 15 is 0 Å². The van der Waals surface area contributed by atoms with Crippen molar-refractivity contribution in [1.29, 1.82) is 0 Å². The molecule has 2 atom stereocenters. The van der Waals surface area contributed by atoms with Crippen LogP contribution in [0, 0.1) is 5.92 Å². The van der Waals surface area contributed by atoms with Gasteiger partial charge in [-0.05, 0) is 29.2 Å². The molecule has 3 N–H and O–H groups in total. The molecule has 1 aliphatic heterocycles. The minimum atomic E-state index is -1.11. The van der Waals surface area contributed by atoms with Gasteiger partial charge in [-0.2, -0.15) is 0 Å². The standard InChI is InChI=1S/C21H23N3O5/c1-13(2)18(19(25)23-28)24-20(26)17(22-21(24)27)12-29-16-10-8-15(9-11-16)14-6-4-3-5-7-14/h3-11,13,17-18,28H,12H2,1-2H3,(H,22,27)(H,23,25)/t17-,18+/m0/s1. The fourth-order valence-corrected chi connectivity index (χ4v) is 3.26. The molecule has 152 valence electrons. The fraction of sp³-hybridized carbons (Fsp3) is 0.286. The van der Waals surface area contributed by atoms with Gasteiger partial charge in [0.25, 0.3) is 11.8 Å². The molecule has 3 rings (SSSR count). The lowest BCUT2D eigenvalue weighted by atomic mass is 10.0. The Balaban J connectivity index is 1.65. The molecule has 0 aliphatic carbocycles. The van der Waals surface area contributed by atoms with Crippen molar-refractivity contribution in [2.75, 3.05) is 6.61 Å². The first-order valence-electron chi connectivity index (χ1n) is 9.28. The number of ether oxygens (including phenoxy) is 1. The van der Waals surface area contributed by atoms with Crippen molar-refractivity contribution in [1.82, 2.24) is 15.7 Å². The van der Waals surface area contributed by atoms with E-state index in [0.29, 0.717) is 5.75 Å². The highest BCUT2D eigenvalue weighted by molar-refractivity contribution is 6.07. The van der Waals surface area contributed by atoms with Crippen LogP contribution in [0.3, 0.4) is 0 Å². The van der Waals surface area contributed by atoms with Crippen molar-refractivity contribution >= 4 is 17.8 Å². The topological polar surface area (TPSA) is 108 Å². The van der Waals surface area contributed by atoms with E-state index in [0.717, 1.165) is 16.0 Å². The molecule has 2 aromatic rings. The summed E-state index contributed by atoms with van der Waals surface area (Å²) in [7, 11) is 0. The number of nitrogens with zero attached hydrogens (tertiary/aromatic N) is 1. The number of carbonyl (C=O) groups excluding carboxylic acids is 3. The number of urea groups is 1. The summed E-state index contributed by atoms with van der Waals surface area (Å²) in [5.41, 5.74) is 3.62. The van der Waals surface area contributed by atoms with Crippen molar-refractivity contribution in [3.8, 4) is 16.9 Å². The highest BCUT2D eigenvalue weighted by atomic mass is 16.5. The quantitative estimate of drug-likeness (QED) is 0.377. The Bertz CT molecular complexity index is 883. The van der Waals surface area contributed by atoms with E-state index in [-0.39, 0.29) is 12.5 Å². The minimum Gasteiger partial charge on any atom is -0.491 e. The second kappa shape index (κ2) is 8.74. The van der Waals surface area contributed by atoms with E-state index in [2.05, 4.69) is 5.32 Å². The van der Waals surface area contributed by atoms with Gasteiger partial charge < -0.3 is 10.1 Å². The summed E-state index contributed by atoms with van der Waals surface area (Å²) < 4.78 is 5.66. The molecule has 0 saturated carbocycles. The lowest BCUT2D eigenvalue weighted by molar-refractivity contribution is -0.142. The molecule has 0 spiro atoms. The van der Waals surface area contributed by atoms with Crippen LogP contribution >= 0.6 is 0 Å². The van der Waals surface area contributed by atoms with E-state index in [1.165, 1.54) is 5.48 Å². The van der Waals surface area contributed by atoms with Gasteiger partial charge >= 0.3 is 6.03 Å². The monoisotopic (exact) mass is 397 g/mol. The number of carbonyl (C=O) groups is 3. The highest BCUT2D eigenvalue weighted by Crippen LogP contribution is 2.23. The van der Waals surface area contributed by atoms with Crippen LogP contribution in [-0.4, -0.2) is 46.6 Å². The van der Waals surface area contributed by atoms with E-state index in [1.807, 2.05) is 42.5 Å². The van der Waals surface area contributed by atoms with E-state index < -0.39 is 29.9 Å². The molecule has 1 aliphatic rings. The van der Waals surface area contributed by atoms with Gasteiger partial charge in [0.05, 0.1) is 0 Å².